The monoisotopic (exact) mass is 464 g/mol. The maximum atomic E-state index is 12.8. The molecular weight excluding hydrogens is 445 g/mol. The zero-order chi connectivity index (χ0) is 22.7. The van der Waals surface area contributed by atoms with Gasteiger partial charge in [0.15, 0.2) is 6.61 Å². The first kappa shape index (κ1) is 24.0. The summed E-state index contributed by atoms with van der Waals surface area (Å²) in [6, 6.07) is 7.91. The number of anilines is 1. The molecule has 0 heterocycles. The van der Waals surface area contributed by atoms with Crippen LogP contribution in [0.3, 0.4) is 0 Å². The first-order valence-corrected chi connectivity index (χ1v) is 10.5. The van der Waals surface area contributed by atoms with E-state index in [2.05, 4.69) is 10.0 Å². The molecule has 0 radical (unpaired) electrons. The molecule has 0 spiro atoms. The molecule has 0 fully saturated rings. The Hall–Kier alpha value is -2.30. The summed E-state index contributed by atoms with van der Waals surface area (Å²) in [6.45, 7) is 4.60. The van der Waals surface area contributed by atoms with Gasteiger partial charge in [-0.25, -0.2) is 13.1 Å². The summed E-state index contributed by atoms with van der Waals surface area (Å²) in [5.74, 6) is -0.530. The average molecular weight is 465 g/mol. The van der Waals surface area contributed by atoms with Gasteiger partial charge in [0, 0.05) is 5.54 Å². The van der Waals surface area contributed by atoms with E-state index in [0.29, 0.717) is 0 Å². The largest absolute Gasteiger partial charge is 0.484 e. The SMILES string of the molecule is CC(C)(C)NS(=O)(=O)c1ccc(OCC(=O)Nc2cc(C(F)(F)F)ccc2Cl)cc1. The summed E-state index contributed by atoms with van der Waals surface area (Å²) in [7, 11) is -3.72. The Kier molecular flexibility index (Phi) is 7.05. The molecule has 0 saturated carbocycles. The predicted molar refractivity (Wildman–Crippen MR) is 107 cm³/mol. The Morgan fingerprint density at radius 2 is 1.67 bits per heavy atom. The molecule has 1 amide bonds. The van der Waals surface area contributed by atoms with Crippen molar-refractivity contribution in [3.05, 3.63) is 53.1 Å². The molecule has 2 N–H and O–H groups in total. The van der Waals surface area contributed by atoms with Crippen LogP contribution in [0.1, 0.15) is 26.3 Å². The molecule has 30 heavy (non-hydrogen) atoms. The van der Waals surface area contributed by atoms with Crippen LogP contribution in [0, 0.1) is 0 Å². The van der Waals surface area contributed by atoms with E-state index in [-0.39, 0.29) is 21.4 Å². The number of carbonyl (C=O) groups is 1. The lowest BCUT2D eigenvalue weighted by atomic mass is 10.1. The van der Waals surface area contributed by atoms with Gasteiger partial charge in [-0.05, 0) is 63.2 Å². The van der Waals surface area contributed by atoms with Crippen molar-refractivity contribution in [2.24, 2.45) is 0 Å². The van der Waals surface area contributed by atoms with Crippen molar-refractivity contribution in [3.8, 4) is 5.75 Å². The number of alkyl halides is 3. The number of hydrogen-bond donors (Lipinski definition) is 2. The van der Waals surface area contributed by atoms with Gasteiger partial charge in [0.25, 0.3) is 5.91 Å². The standard InChI is InChI=1S/C19H20ClF3N2O4S/c1-18(2,3)25-30(27,28)14-7-5-13(6-8-14)29-11-17(26)24-16-10-12(19(21,22)23)4-9-15(16)20/h4-10,25H,11H2,1-3H3,(H,24,26). The minimum absolute atomic E-state index is 0.0185. The van der Waals surface area contributed by atoms with Gasteiger partial charge in [-0.2, -0.15) is 13.2 Å². The fraction of sp³-hybridized carbons (Fsp3) is 0.316. The zero-order valence-corrected chi connectivity index (χ0v) is 17.9. The first-order valence-electron chi connectivity index (χ1n) is 8.61. The van der Waals surface area contributed by atoms with Crippen molar-refractivity contribution in [2.45, 2.75) is 37.4 Å². The van der Waals surface area contributed by atoms with Crippen LogP contribution in [-0.4, -0.2) is 26.5 Å². The molecule has 6 nitrogen and oxygen atoms in total. The second kappa shape index (κ2) is 8.83. The van der Waals surface area contributed by atoms with E-state index >= 15 is 0 Å². The Bertz CT molecular complexity index is 1020. The molecule has 2 aromatic carbocycles. The van der Waals surface area contributed by atoms with Crippen LogP contribution in [0.2, 0.25) is 5.02 Å². The molecule has 2 aromatic rings. The summed E-state index contributed by atoms with van der Waals surface area (Å²) < 4.78 is 70.6. The second-order valence-corrected chi connectivity index (χ2v) is 9.45. The Labute approximate surface area is 177 Å². The maximum Gasteiger partial charge on any atom is 0.416 e. The number of benzene rings is 2. The number of halogens is 4. The van der Waals surface area contributed by atoms with E-state index in [9.17, 15) is 26.4 Å². The third kappa shape index (κ3) is 6.89. The fourth-order valence-electron chi connectivity index (χ4n) is 2.31. The van der Waals surface area contributed by atoms with Crippen LogP contribution >= 0.6 is 11.6 Å². The molecule has 0 unspecified atom stereocenters. The number of ether oxygens (including phenoxy) is 1. The molecule has 0 aliphatic heterocycles. The van der Waals surface area contributed by atoms with Crippen molar-refractivity contribution in [1.82, 2.24) is 4.72 Å². The highest BCUT2D eigenvalue weighted by atomic mass is 35.5. The van der Waals surface area contributed by atoms with E-state index in [4.69, 9.17) is 16.3 Å². The Morgan fingerprint density at radius 1 is 1.07 bits per heavy atom. The van der Waals surface area contributed by atoms with Crippen molar-refractivity contribution in [1.29, 1.82) is 0 Å². The highest BCUT2D eigenvalue weighted by Crippen LogP contribution is 2.33. The van der Waals surface area contributed by atoms with E-state index in [1.165, 1.54) is 24.3 Å². The smallest absolute Gasteiger partial charge is 0.416 e. The number of hydrogen-bond acceptors (Lipinski definition) is 4. The molecule has 0 aliphatic carbocycles. The van der Waals surface area contributed by atoms with Gasteiger partial charge in [-0.15, -0.1) is 0 Å². The lowest BCUT2D eigenvalue weighted by molar-refractivity contribution is -0.137. The summed E-state index contributed by atoms with van der Waals surface area (Å²) in [5.41, 5.74) is -1.81. The van der Waals surface area contributed by atoms with E-state index in [0.717, 1.165) is 18.2 Å². The number of amides is 1. The average Bonchev–Trinajstić information content (AvgIpc) is 2.59. The van der Waals surface area contributed by atoms with Crippen molar-refractivity contribution in [3.63, 3.8) is 0 Å². The first-order chi connectivity index (χ1) is 13.7. The quantitative estimate of drug-likeness (QED) is 0.661. The normalized spacial score (nSPS) is 12.5. The number of sulfonamides is 1. The van der Waals surface area contributed by atoms with Gasteiger partial charge in [0.05, 0.1) is 21.2 Å². The van der Waals surface area contributed by atoms with Crippen LogP contribution in [0.15, 0.2) is 47.4 Å². The predicted octanol–water partition coefficient (Wildman–Crippen LogP) is 4.45. The van der Waals surface area contributed by atoms with Gasteiger partial charge in [0.1, 0.15) is 5.75 Å². The highest BCUT2D eigenvalue weighted by molar-refractivity contribution is 7.89. The van der Waals surface area contributed by atoms with Gasteiger partial charge in [-0.1, -0.05) is 11.6 Å². The molecular formula is C19H20ClF3N2O4S. The minimum Gasteiger partial charge on any atom is -0.484 e. The minimum atomic E-state index is -4.58. The van der Waals surface area contributed by atoms with Gasteiger partial charge in [0.2, 0.25) is 10.0 Å². The van der Waals surface area contributed by atoms with Gasteiger partial charge < -0.3 is 10.1 Å². The maximum absolute atomic E-state index is 12.8. The van der Waals surface area contributed by atoms with Crippen LogP contribution in [0.5, 0.6) is 5.75 Å². The Balaban J connectivity index is 2.01. The van der Waals surface area contributed by atoms with Crippen LogP contribution in [0.25, 0.3) is 0 Å². The van der Waals surface area contributed by atoms with Crippen LogP contribution < -0.4 is 14.8 Å². The molecule has 11 heteroatoms. The highest BCUT2D eigenvalue weighted by Gasteiger charge is 2.31. The van der Waals surface area contributed by atoms with E-state index in [1.807, 2.05) is 0 Å². The third-order valence-electron chi connectivity index (χ3n) is 3.51. The lowest BCUT2D eigenvalue weighted by Crippen LogP contribution is -2.40. The van der Waals surface area contributed by atoms with E-state index in [1.54, 1.807) is 20.8 Å². The van der Waals surface area contributed by atoms with Gasteiger partial charge >= 0.3 is 6.18 Å². The van der Waals surface area contributed by atoms with Crippen molar-refractivity contribution in [2.75, 3.05) is 11.9 Å². The molecule has 0 atom stereocenters. The molecule has 0 aromatic heterocycles. The summed E-state index contributed by atoms with van der Waals surface area (Å²) in [5, 5.41) is 2.19. The van der Waals surface area contributed by atoms with Gasteiger partial charge in [-0.3, -0.25) is 4.79 Å². The number of nitrogens with one attached hydrogen (secondary N) is 2. The molecule has 0 bridgehead atoms. The topological polar surface area (TPSA) is 84.5 Å². The second-order valence-electron chi connectivity index (χ2n) is 7.36. The van der Waals surface area contributed by atoms with E-state index < -0.39 is 39.8 Å². The molecule has 2 rings (SSSR count). The number of carbonyl (C=O) groups excluding carboxylic acids is 1. The fourth-order valence-corrected chi connectivity index (χ4v) is 3.89. The number of rotatable bonds is 6. The summed E-state index contributed by atoms with van der Waals surface area (Å²) in [6.07, 6.45) is -4.58. The molecule has 164 valence electrons. The lowest BCUT2D eigenvalue weighted by Gasteiger charge is -2.20. The molecule has 0 saturated heterocycles. The van der Waals surface area contributed by atoms with Crippen molar-refractivity contribution >= 4 is 33.2 Å². The molecule has 0 aliphatic rings. The third-order valence-corrected chi connectivity index (χ3v) is 5.62. The summed E-state index contributed by atoms with van der Waals surface area (Å²) >= 11 is 5.83. The van der Waals surface area contributed by atoms with Crippen LogP contribution in [0.4, 0.5) is 18.9 Å². The zero-order valence-electron chi connectivity index (χ0n) is 16.3. The summed E-state index contributed by atoms with van der Waals surface area (Å²) in [4.78, 5) is 12.0. The van der Waals surface area contributed by atoms with Crippen molar-refractivity contribution < 1.29 is 31.1 Å². The van der Waals surface area contributed by atoms with Crippen LogP contribution in [-0.2, 0) is 21.0 Å². The Morgan fingerprint density at radius 3 is 2.20 bits per heavy atom.